The van der Waals surface area contributed by atoms with Crippen molar-refractivity contribution in [1.29, 1.82) is 0 Å². The highest BCUT2D eigenvalue weighted by Crippen LogP contribution is 2.24. The van der Waals surface area contributed by atoms with Gasteiger partial charge in [-0.05, 0) is 43.5 Å². The minimum absolute atomic E-state index is 0.204. The lowest BCUT2D eigenvalue weighted by Gasteiger charge is -2.11. The lowest BCUT2D eigenvalue weighted by molar-refractivity contribution is -0.120. The van der Waals surface area contributed by atoms with E-state index in [4.69, 9.17) is 4.74 Å². The van der Waals surface area contributed by atoms with Crippen LogP contribution in [0.2, 0.25) is 0 Å². The van der Waals surface area contributed by atoms with Gasteiger partial charge in [-0.25, -0.2) is 13.4 Å². The van der Waals surface area contributed by atoms with E-state index in [0.717, 1.165) is 28.7 Å². The van der Waals surface area contributed by atoms with E-state index < -0.39 is 21.0 Å². The highest BCUT2D eigenvalue weighted by atomic mass is 32.2. The first-order valence-corrected chi connectivity index (χ1v) is 9.79. The lowest BCUT2D eigenvalue weighted by Crippen LogP contribution is -2.37. The smallest absolute Gasteiger partial charge is 0.238 e. The number of ether oxygens (including phenoxy) is 1. The van der Waals surface area contributed by atoms with Crippen LogP contribution >= 0.6 is 0 Å². The van der Waals surface area contributed by atoms with E-state index in [9.17, 15) is 13.2 Å². The normalized spacial score (nSPS) is 12.5. The SMILES string of the molecule is Cc1ccc(C)c(Oc2ccc(CNC(=O)[C@@H](C)S(C)(=O)=O)cn2)c1. The van der Waals surface area contributed by atoms with Crippen LogP contribution in [0.25, 0.3) is 0 Å². The number of aryl methyl sites for hydroxylation is 2. The molecule has 0 aliphatic carbocycles. The number of amides is 1. The number of carbonyl (C=O) groups excluding carboxylic acids is 1. The molecule has 0 aliphatic rings. The summed E-state index contributed by atoms with van der Waals surface area (Å²) in [6, 6.07) is 9.43. The van der Waals surface area contributed by atoms with Gasteiger partial charge in [-0.3, -0.25) is 4.79 Å². The summed E-state index contributed by atoms with van der Waals surface area (Å²) in [5.74, 6) is 0.669. The Morgan fingerprint density at radius 3 is 2.56 bits per heavy atom. The van der Waals surface area contributed by atoms with E-state index in [1.807, 2.05) is 32.0 Å². The molecule has 25 heavy (non-hydrogen) atoms. The third-order valence-electron chi connectivity index (χ3n) is 3.83. The molecule has 1 aromatic carbocycles. The van der Waals surface area contributed by atoms with Crippen LogP contribution in [0.4, 0.5) is 0 Å². The van der Waals surface area contributed by atoms with E-state index in [-0.39, 0.29) is 6.54 Å². The predicted molar refractivity (Wildman–Crippen MR) is 96.4 cm³/mol. The van der Waals surface area contributed by atoms with Crippen molar-refractivity contribution >= 4 is 15.7 Å². The molecular formula is C18H22N2O4S. The number of aromatic nitrogens is 1. The maximum absolute atomic E-state index is 11.8. The van der Waals surface area contributed by atoms with Crippen molar-refractivity contribution in [1.82, 2.24) is 10.3 Å². The van der Waals surface area contributed by atoms with Crippen LogP contribution < -0.4 is 10.1 Å². The maximum atomic E-state index is 11.8. The fraction of sp³-hybridized carbons (Fsp3) is 0.333. The molecule has 134 valence electrons. The van der Waals surface area contributed by atoms with Gasteiger partial charge in [-0.15, -0.1) is 0 Å². The molecule has 2 rings (SSSR count). The second-order valence-electron chi connectivity index (χ2n) is 6.07. The molecule has 0 aliphatic heterocycles. The third kappa shape index (κ3) is 5.29. The Balaban J connectivity index is 1.98. The topological polar surface area (TPSA) is 85.4 Å². The quantitative estimate of drug-likeness (QED) is 0.853. The zero-order chi connectivity index (χ0) is 18.6. The van der Waals surface area contributed by atoms with Crippen molar-refractivity contribution < 1.29 is 17.9 Å². The summed E-state index contributed by atoms with van der Waals surface area (Å²) in [4.78, 5) is 16.0. The van der Waals surface area contributed by atoms with E-state index in [1.165, 1.54) is 6.92 Å². The number of hydrogen-bond acceptors (Lipinski definition) is 5. The van der Waals surface area contributed by atoms with Gasteiger partial charge in [-0.2, -0.15) is 0 Å². The standard InChI is InChI=1S/C18H22N2O4S/c1-12-5-6-13(2)16(9-12)24-17-8-7-15(10-19-17)11-20-18(21)14(3)25(4,22)23/h5-10,14H,11H2,1-4H3,(H,20,21)/t14-/m1/s1. The number of benzene rings is 1. The number of carbonyl (C=O) groups is 1. The van der Waals surface area contributed by atoms with Crippen LogP contribution in [0.1, 0.15) is 23.6 Å². The first-order valence-electron chi connectivity index (χ1n) is 7.83. The Morgan fingerprint density at radius 2 is 1.96 bits per heavy atom. The average molecular weight is 362 g/mol. The molecule has 1 aromatic heterocycles. The minimum atomic E-state index is -3.40. The predicted octanol–water partition coefficient (Wildman–Crippen LogP) is 2.54. The largest absolute Gasteiger partial charge is 0.439 e. The number of sulfone groups is 1. The van der Waals surface area contributed by atoms with Crippen molar-refractivity contribution in [2.75, 3.05) is 6.26 Å². The van der Waals surface area contributed by atoms with E-state index in [0.29, 0.717) is 5.88 Å². The van der Waals surface area contributed by atoms with Gasteiger partial charge in [0, 0.05) is 25.1 Å². The molecule has 1 amide bonds. The van der Waals surface area contributed by atoms with Crippen LogP contribution in [0.5, 0.6) is 11.6 Å². The number of pyridine rings is 1. The molecule has 0 unspecified atom stereocenters. The summed E-state index contributed by atoms with van der Waals surface area (Å²) in [5.41, 5.74) is 2.86. The van der Waals surface area contributed by atoms with E-state index in [2.05, 4.69) is 10.3 Å². The summed E-state index contributed by atoms with van der Waals surface area (Å²) in [7, 11) is -3.40. The molecule has 0 saturated carbocycles. The zero-order valence-corrected chi connectivity index (χ0v) is 15.6. The Bertz CT molecular complexity index is 861. The number of nitrogens with one attached hydrogen (secondary N) is 1. The second kappa shape index (κ2) is 7.65. The third-order valence-corrected chi connectivity index (χ3v) is 5.33. The summed E-state index contributed by atoms with van der Waals surface area (Å²) < 4.78 is 28.5. The molecule has 0 fully saturated rings. The second-order valence-corrected chi connectivity index (χ2v) is 8.43. The molecule has 1 atom stereocenters. The Morgan fingerprint density at radius 1 is 1.24 bits per heavy atom. The van der Waals surface area contributed by atoms with E-state index in [1.54, 1.807) is 18.3 Å². The van der Waals surface area contributed by atoms with Crippen LogP contribution in [0, 0.1) is 13.8 Å². The lowest BCUT2D eigenvalue weighted by atomic mass is 10.1. The molecular weight excluding hydrogens is 340 g/mol. The highest BCUT2D eigenvalue weighted by Gasteiger charge is 2.22. The molecule has 1 N–H and O–H groups in total. The Kier molecular flexibility index (Phi) is 5.79. The van der Waals surface area contributed by atoms with E-state index >= 15 is 0 Å². The van der Waals surface area contributed by atoms with Crippen LogP contribution in [0.15, 0.2) is 36.5 Å². The van der Waals surface area contributed by atoms with Gasteiger partial charge in [0.15, 0.2) is 9.84 Å². The van der Waals surface area contributed by atoms with Gasteiger partial charge in [-0.1, -0.05) is 18.2 Å². The van der Waals surface area contributed by atoms with Crippen LogP contribution in [-0.2, 0) is 21.2 Å². The first kappa shape index (κ1) is 18.9. The van der Waals surface area contributed by atoms with Gasteiger partial charge < -0.3 is 10.1 Å². The first-order chi connectivity index (χ1) is 11.7. The summed E-state index contributed by atoms with van der Waals surface area (Å²) in [6.07, 6.45) is 2.63. The number of hydrogen-bond donors (Lipinski definition) is 1. The van der Waals surface area contributed by atoms with Gasteiger partial charge in [0.25, 0.3) is 0 Å². The maximum Gasteiger partial charge on any atom is 0.238 e. The van der Waals surface area contributed by atoms with Gasteiger partial charge in [0.1, 0.15) is 11.0 Å². The molecule has 0 spiro atoms. The molecule has 1 heterocycles. The van der Waals surface area contributed by atoms with Gasteiger partial charge in [0.05, 0.1) is 0 Å². The van der Waals surface area contributed by atoms with Crippen molar-refractivity contribution in [2.45, 2.75) is 32.6 Å². The van der Waals surface area contributed by atoms with Gasteiger partial charge in [0.2, 0.25) is 11.8 Å². The zero-order valence-electron chi connectivity index (χ0n) is 14.7. The minimum Gasteiger partial charge on any atom is -0.439 e. The molecule has 0 saturated heterocycles. The van der Waals surface area contributed by atoms with Crippen LogP contribution in [-0.4, -0.2) is 30.8 Å². The molecule has 6 nitrogen and oxygen atoms in total. The van der Waals surface area contributed by atoms with Crippen molar-refractivity contribution in [2.24, 2.45) is 0 Å². The molecule has 0 radical (unpaired) electrons. The monoisotopic (exact) mass is 362 g/mol. The van der Waals surface area contributed by atoms with Crippen molar-refractivity contribution in [3.63, 3.8) is 0 Å². The summed E-state index contributed by atoms with van der Waals surface area (Å²) in [5, 5.41) is 1.52. The fourth-order valence-corrected chi connectivity index (χ4v) is 2.51. The Hall–Kier alpha value is -2.41. The number of rotatable bonds is 6. The fourth-order valence-electron chi connectivity index (χ4n) is 2.03. The molecule has 7 heteroatoms. The average Bonchev–Trinajstić information content (AvgIpc) is 2.55. The summed E-state index contributed by atoms with van der Waals surface area (Å²) >= 11 is 0. The Labute approximate surface area is 148 Å². The molecule has 2 aromatic rings. The van der Waals surface area contributed by atoms with Crippen molar-refractivity contribution in [3.8, 4) is 11.6 Å². The molecule has 0 bridgehead atoms. The highest BCUT2D eigenvalue weighted by molar-refractivity contribution is 7.92. The van der Waals surface area contributed by atoms with Gasteiger partial charge >= 0.3 is 0 Å². The number of nitrogens with zero attached hydrogens (tertiary/aromatic N) is 1. The van der Waals surface area contributed by atoms with Crippen LogP contribution in [0.3, 0.4) is 0 Å². The van der Waals surface area contributed by atoms with Crippen molar-refractivity contribution in [3.05, 3.63) is 53.2 Å². The summed E-state index contributed by atoms with van der Waals surface area (Å²) in [6.45, 7) is 5.52.